The van der Waals surface area contributed by atoms with E-state index in [2.05, 4.69) is 9.46 Å². The highest BCUT2D eigenvalue weighted by molar-refractivity contribution is 7.89. The van der Waals surface area contributed by atoms with Crippen LogP contribution in [-0.2, 0) is 19.6 Å². The lowest BCUT2D eigenvalue weighted by Gasteiger charge is -2.07. The summed E-state index contributed by atoms with van der Waals surface area (Å²) in [5.41, 5.74) is -0.380. The van der Waals surface area contributed by atoms with Gasteiger partial charge in [0.15, 0.2) is 0 Å². The molecular weight excluding hydrogens is 291 g/mol. The number of nitriles is 1. The van der Waals surface area contributed by atoms with E-state index in [9.17, 15) is 17.6 Å². The first kappa shape index (κ1) is 16.0. The average Bonchev–Trinajstić information content (AvgIpc) is 2.38. The van der Waals surface area contributed by atoms with E-state index in [1.807, 2.05) is 0 Å². The highest BCUT2D eigenvalue weighted by Crippen LogP contribution is 2.14. The molecule has 0 aliphatic carbocycles. The third kappa shape index (κ3) is 4.58. The molecule has 0 aliphatic heterocycles. The molecule has 0 bridgehead atoms. The Balaban J connectivity index is 2.65. The van der Waals surface area contributed by atoms with Gasteiger partial charge < -0.3 is 9.84 Å². The zero-order valence-corrected chi connectivity index (χ0v) is 11.0. The van der Waals surface area contributed by atoms with Gasteiger partial charge in [-0.25, -0.2) is 22.3 Å². The van der Waals surface area contributed by atoms with Gasteiger partial charge in [0, 0.05) is 6.54 Å². The Morgan fingerprint density at radius 2 is 2.20 bits per heavy atom. The Kier molecular flexibility index (Phi) is 5.57. The number of sulfonamides is 1. The average molecular weight is 302 g/mol. The van der Waals surface area contributed by atoms with Crippen molar-refractivity contribution in [3.05, 3.63) is 29.6 Å². The van der Waals surface area contributed by atoms with Gasteiger partial charge in [0.05, 0.1) is 17.1 Å². The van der Waals surface area contributed by atoms with Gasteiger partial charge in [-0.15, -0.1) is 0 Å². The van der Waals surface area contributed by atoms with Gasteiger partial charge in [-0.1, -0.05) is 0 Å². The van der Waals surface area contributed by atoms with Gasteiger partial charge in [-0.2, -0.15) is 5.26 Å². The Morgan fingerprint density at radius 3 is 2.80 bits per heavy atom. The second-order valence-corrected chi connectivity index (χ2v) is 5.36. The number of hydrogen-bond donors (Lipinski definition) is 2. The number of carbonyl (C=O) groups is 1. The maximum absolute atomic E-state index is 13.1. The molecule has 0 heterocycles. The van der Waals surface area contributed by atoms with E-state index in [0.29, 0.717) is 0 Å². The molecule has 0 aliphatic rings. The molecule has 0 amide bonds. The van der Waals surface area contributed by atoms with E-state index >= 15 is 0 Å². The first-order chi connectivity index (χ1) is 9.36. The molecule has 0 unspecified atom stereocenters. The molecule has 0 saturated carbocycles. The number of halogens is 1. The summed E-state index contributed by atoms with van der Waals surface area (Å²) in [4.78, 5) is 9.90. The molecule has 9 heteroatoms. The van der Waals surface area contributed by atoms with E-state index in [0.717, 1.165) is 18.2 Å². The zero-order valence-electron chi connectivity index (χ0n) is 10.2. The van der Waals surface area contributed by atoms with E-state index in [1.54, 1.807) is 0 Å². The summed E-state index contributed by atoms with van der Waals surface area (Å²) >= 11 is 0. The smallest absolute Gasteiger partial charge is 0.329 e. The molecule has 0 atom stereocenters. The van der Waals surface area contributed by atoms with Gasteiger partial charge in [0.25, 0.3) is 0 Å². The van der Waals surface area contributed by atoms with Gasteiger partial charge >= 0.3 is 5.97 Å². The first-order valence-corrected chi connectivity index (χ1v) is 6.84. The van der Waals surface area contributed by atoms with Crippen molar-refractivity contribution in [2.45, 2.75) is 4.90 Å². The Bertz CT molecular complexity index is 639. The summed E-state index contributed by atoms with van der Waals surface area (Å²) in [6.07, 6.45) is 0. The minimum absolute atomic E-state index is 0.127. The molecule has 20 heavy (non-hydrogen) atoms. The van der Waals surface area contributed by atoms with Gasteiger partial charge in [-0.3, -0.25) is 0 Å². The van der Waals surface area contributed by atoms with Crippen LogP contribution in [0.2, 0.25) is 0 Å². The molecule has 108 valence electrons. The molecule has 1 aromatic rings. The standard InChI is InChI=1S/C11H11FN2O5S/c12-10-2-1-9(5-8(10)6-13)20(17,18)14-3-4-19-7-11(15)16/h1-2,5,14H,3-4,7H2,(H,15,16). The van der Waals surface area contributed by atoms with Crippen LogP contribution < -0.4 is 4.72 Å². The summed E-state index contributed by atoms with van der Waals surface area (Å²) in [5.74, 6) is -1.97. The minimum Gasteiger partial charge on any atom is -0.480 e. The fourth-order valence-corrected chi connectivity index (χ4v) is 2.29. The van der Waals surface area contributed by atoms with E-state index < -0.39 is 28.4 Å². The largest absolute Gasteiger partial charge is 0.480 e. The van der Waals surface area contributed by atoms with Crippen molar-refractivity contribution in [3.63, 3.8) is 0 Å². The lowest BCUT2D eigenvalue weighted by molar-refractivity contribution is -0.142. The zero-order chi connectivity index (χ0) is 15.2. The van der Waals surface area contributed by atoms with Crippen molar-refractivity contribution >= 4 is 16.0 Å². The Hall–Kier alpha value is -2.02. The van der Waals surface area contributed by atoms with Crippen molar-refractivity contribution in [1.82, 2.24) is 4.72 Å². The number of carboxylic acids is 1. The number of aliphatic carboxylic acids is 1. The number of nitrogens with one attached hydrogen (secondary N) is 1. The molecule has 0 radical (unpaired) electrons. The van der Waals surface area contributed by atoms with Gasteiger partial charge in [-0.05, 0) is 18.2 Å². The fraction of sp³-hybridized carbons (Fsp3) is 0.273. The SMILES string of the molecule is N#Cc1cc(S(=O)(=O)NCCOCC(=O)O)ccc1F. The molecule has 1 rings (SSSR count). The molecule has 1 aromatic carbocycles. The second kappa shape index (κ2) is 6.95. The van der Waals surface area contributed by atoms with Crippen molar-refractivity contribution in [2.75, 3.05) is 19.8 Å². The van der Waals surface area contributed by atoms with Gasteiger partial charge in [0.2, 0.25) is 10.0 Å². The number of rotatable bonds is 7. The number of benzene rings is 1. The van der Waals surface area contributed by atoms with Crippen LogP contribution in [0.4, 0.5) is 4.39 Å². The summed E-state index contributed by atoms with van der Waals surface area (Å²) < 4.78 is 43.5. The van der Waals surface area contributed by atoms with E-state index in [4.69, 9.17) is 10.4 Å². The number of nitrogens with zero attached hydrogens (tertiary/aromatic N) is 1. The molecule has 0 fully saturated rings. The fourth-order valence-electron chi connectivity index (χ4n) is 1.25. The first-order valence-electron chi connectivity index (χ1n) is 5.35. The summed E-state index contributed by atoms with van der Waals surface area (Å²) in [6, 6.07) is 4.36. The monoisotopic (exact) mass is 302 g/mol. The number of ether oxygens (including phenoxy) is 1. The van der Waals surface area contributed by atoms with Gasteiger partial charge in [0.1, 0.15) is 18.5 Å². The predicted octanol–water partition coefficient (Wildman–Crippen LogP) is 0.0769. The molecule has 0 spiro atoms. The summed E-state index contributed by atoms with van der Waals surface area (Å²) in [6.45, 7) is -0.802. The predicted molar refractivity (Wildman–Crippen MR) is 64.8 cm³/mol. The van der Waals surface area contributed by atoms with Crippen LogP contribution in [-0.4, -0.2) is 39.3 Å². The third-order valence-corrected chi connectivity index (χ3v) is 3.59. The van der Waals surface area contributed by atoms with Crippen LogP contribution in [0.25, 0.3) is 0 Å². The topological polar surface area (TPSA) is 116 Å². The molecule has 0 aromatic heterocycles. The second-order valence-electron chi connectivity index (χ2n) is 3.60. The lowest BCUT2D eigenvalue weighted by atomic mass is 10.2. The number of hydrogen-bond acceptors (Lipinski definition) is 5. The lowest BCUT2D eigenvalue weighted by Crippen LogP contribution is -2.28. The van der Waals surface area contributed by atoms with Crippen molar-refractivity contribution in [2.24, 2.45) is 0 Å². The normalized spacial score (nSPS) is 11.0. The van der Waals surface area contributed by atoms with E-state index in [-0.39, 0.29) is 23.6 Å². The minimum atomic E-state index is -3.91. The Labute approximate surface area is 114 Å². The van der Waals surface area contributed by atoms with Crippen LogP contribution in [0.3, 0.4) is 0 Å². The maximum atomic E-state index is 13.1. The third-order valence-electron chi connectivity index (χ3n) is 2.13. The highest BCUT2D eigenvalue weighted by atomic mass is 32.2. The van der Waals surface area contributed by atoms with Crippen molar-refractivity contribution < 1.29 is 27.4 Å². The highest BCUT2D eigenvalue weighted by Gasteiger charge is 2.15. The van der Waals surface area contributed by atoms with Crippen LogP contribution in [0.1, 0.15) is 5.56 Å². The van der Waals surface area contributed by atoms with Crippen LogP contribution in [0, 0.1) is 17.1 Å². The van der Waals surface area contributed by atoms with Crippen molar-refractivity contribution in [1.29, 1.82) is 5.26 Å². The molecule has 2 N–H and O–H groups in total. The van der Waals surface area contributed by atoms with Crippen LogP contribution in [0.5, 0.6) is 0 Å². The van der Waals surface area contributed by atoms with E-state index in [1.165, 1.54) is 6.07 Å². The van der Waals surface area contributed by atoms with Crippen LogP contribution >= 0.6 is 0 Å². The molecule has 7 nitrogen and oxygen atoms in total. The summed E-state index contributed by atoms with van der Waals surface area (Å²) in [5, 5.41) is 16.9. The molecular formula is C11H11FN2O5S. The maximum Gasteiger partial charge on any atom is 0.329 e. The quantitative estimate of drug-likeness (QED) is 0.689. The molecule has 0 saturated heterocycles. The van der Waals surface area contributed by atoms with Crippen LogP contribution in [0.15, 0.2) is 23.1 Å². The van der Waals surface area contributed by atoms with Crippen molar-refractivity contribution in [3.8, 4) is 6.07 Å². The Morgan fingerprint density at radius 1 is 1.50 bits per heavy atom. The number of carboxylic acid groups (broad SMARTS) is 1. The summed E-state index contributed by atoms with van der Waals surface area (Å²) in [7, 11) is -3.91.